The number of hydrogen-bond acceptors (Lipinski definition) is 3. The van der Waals surface area contributed by atoms with Crippen LogP contribution in [-0.4, -0.2) is 14.5 Å². The number of fused-ring (bicyclic) bond motifs is 4. The van der Waals surface area contributed by atoms with Crippen LogP contribution in [0.1, 0.15) is 77.0 Å². The van der Waals surface area contributed by atoms with E-state index in [1.54, 1.807) is 0 Å². The first-order valence-corrected chi connectivity index (χ1v) is 17.5. The Bertz CT molecular complexity index is 2400. The molecule has 0 bridgehead atoms. The largest absolute Gasteiger partial charge is 0.501 e. The van der Waals surface area contributed by atoms with Crippen LogP contribution < -0.4 is 0 Å². The van der Waals surface area contributed by atoms with Gasteiger partial charge in [0, 0.05) is 37.4 Å². The summed E-state index contributed by atoms with van der Waals surface area (Å²) in [4.78, 5) is 9.54. The number of aromatic nitrogens is 3. The molecule has 0 unspecified atom stereocenters. The Kier molecular flexibility index (Phi) is 10.4. The third kappa shape index (κ3) is 7.06. The Morgan fingerprint density at radius 2 is 1.41 bits per heavy atom. The molecule has 0 spiro atoms. The van der Waals surface area contributed by atoms with Gasteiger partial charge in [0.05, 0.1) is 22.4 Å². The average Bonchev–Trinajstić information content (AvgIpc) is 3.70. The molecule has 3 heterocycles. The first kappa shape index (κ1) is 36.0. The second-order valence-corrected chi connectivity index (χ2v) is 14.5. The van der Waals surface area contributed by atoms with E-state index in [1.165, 1.54) is 22.4 Å². The molecule has 5 heteroatoms. The van der Waals surface area contributed by atoms with Crippen molar-refractivity contribution in [2.45, 2.75) is 65.7 Å². The van der Waals surface area contributed by atoms with Gasteiger partial charge in [-0.25, -0.2) is 0 Å². The Labute approximate surface area is 314 Å². The summed E-state index contributed by atoms with van der Waals surface area (Å²) < 4.78 is 8.43. The maximum atomic E-state index is 6.09. The Balaban J connectivity index is 0.000000174. The van der Waals surface area contributed by atoms with Crippen LogP contribution in [0.4, 0.5) is 0 Å². The van der Waals surface area contributed by atoms with Gasteiger partial charge in [-0.3, -0.25) is 4.98 Å². The topological polar surface area (TPSA) is 43.9 Å². The van der Waals surface area contributed by atoms with E-state index in [0.717, 1.165) is 55.6 Å². The molecule has 4 nitrogen and oxygen atoms in total. The third-order valence-corrected chi connectivity index (χ3v) is 9.30. The van der Waals surface area contributed by atoms with E-state index in [1.807, 2.05) is 48.7 Å². The molecule has 0 amide bonds. The summed E-state index contributed by atoms with van der Waals surface area (Å²) in [6, 6.07) is 46.2. The average molecular weight is 846 g/mol. The SMILES string of the molecule is CC(C)(C)c1ccnc(-c2[c-]ccc3c2oc2ccccc23)c1.CC(C)c1cccc(C(C)C)c1-n1c(-c2[c-]cccc2)nc2ccccc21.[Ir]. The number of pyridine rings is 1. The maximum Gasteiger partial charge on any atom is 0.120 e. The zero-order valence-corrected chi connectivity index (χ0v) is 32.7. The molecule has 51 heavy (non-hydrogen) atoms. The summed E-state index contributed by atoms with van der Waals surface area (Å²) in [5, 5.41) is 2.24. The van der Waals surface area contributed by atoms with Gasteiger partial charge in [-0.15, -0.1) is 54.1 Å². The minimum atomic E-state index is 0. The van der Waals surface area contributed by atoms with Crippen molar-refractivity contribution in [2.24, 2.45) is 0 Å². The molecule has 1 radical (unpaired) electrons. The maximum absolute atomic E-state index is 6.09. The van der Waals surface area contributed by atoms with E-state index >= 15 is 0 Å². The third-order valence-electron chi connectivity index (χ3n) is 9.30. The normalized spacial score (nSPS) is 11.6. The van der Waals surface area contributed by atoms with Gasteiger partial charge in [0.1, 0.15) is 5.58 Å². The molecule has 5 aromatic carbocycles. The van der Waals surface area contributed by atoms with Gasteiger partial charge in [0.2, 0.25) is 0 Å². The number of nitrogens with zero attached hydrogens (tertiary/aromatic N) is 3. The molecule has 0 saturated carbocycles. The molecule has 8 rings (SSSR count). The summed E-state index contributed by atoms with van der Waals surface area (Å²) in [5.74, 6) is 1.80. The van der Waals surface area contributed by atoms with Gasteiger partial charge >= 0.3 is 0 Å². The molecular formula is C46H43IrN3O-2. The number of furan rings is 1. The predicted octanol–water partition coefficient (Wildman–Crippen LogP) is 12.5. The van der Waals surface area contributed by atoms with Crippen molar-refractivity contribution < 1.29 is 24.5 Å². The standard InChI is InChI=1S/C25H25N2.C21H18NO.Ir/c1-17(2)20-13-10-14-21(18(3)4)24(20)27-23-16-9-8-15-22(23)26-25(27)19-11-6-5-7-12-19;1-21(2,3)14-11-12-22-18(13-14)17-9-6-8-16-15-7-4-5-10-19(15)23-20(16)17;/h5-11,13-18H,1-4H3;4-8,10-13H,1-3H3;/q2*-1;. The van der Waals surface area contributed by atoms with Crippen molar-refractivity contribution in [3.63, 3.8) is 0 Å². The van der Waals surface area contributed by atoms with Gasteiger partial charge in [0.25, 0.3) is 0 Å². The van der Waals surface area contributed by atoms with Crippen molar-refractivity contribution in [3.8, 4) is 28.3 Å². The fourth-order valence-electron chi connectivity index (χ4n) is 6.65. The fraction of sp³-hybridized carbons (Fsp3) is 0.217. The van der Waals surface area contributed by atoms with E-state index in [-0.39, 0.29) is 25.5 Å². The van der Waals surface area contributed by atoms with Crippen molar-refractivity contribution in [3.05, 3.63) is 150 Å². The van der Waals surface area contributed by atoms with Crippen LogP contribution in [-0.2, 0) is 25.5 Å². The van der Waals surface area contributed by atoms with E-state index < -0.39 is 0 Å². The second-order valence-electron chi connectivity index (χ2n) is 14.5. The molecule has 0 aliphatic carbocycles. The van der Waals surface area contributed by atoms with Crippen LogP contribution in [0, 0.1) is 12.1 Å². The van der Waals surface area contributed by atoms with Crippen molar-refractivity contribution >= 4 is 33.0 Å². The van der Waals surface area contributed by atoms with Crippen LogP contribution in [0.25, 0.3) is 61.3 Å². The number of benzene rings is 5. The van der Waals surface area contributed by atoms with Crippen LogP contribution in [0.2, 0.25) is 0 Å². The van der Waals surface area contributed by atoms with Crippen molar-refractivity contribution in [1.82, 2.24) is 14.5 Å². The summed E-state index contributed by atoms with van der Waals surface area (Å²) in [5.41, 5.74) is 12.0. The zero-order chi connectivity index (χ0) is 35.0. The molecule has 0 saturated heterocycles. The number of hydrogen-bond donors (Lipinski definition) is 0. The molecule has 0 atom stereocenters. The van der Waals surface area contributed by atoms with E-state index in [2.05, 4.69) is 143 Å². The Morgan fingerprint density at radius 3 is 2.12 bits per heavy atom. The van der Waals surface area contributed by atoms with Crippen LogP contribution in [0.5, 0.6) is 0 Å². The summed E-state index contributed by atoms with van der Waals surface area (Å²) in [6.45, 7) is 15.7. The Hall–Kier alpha value is -4.83. The van der Waals surface area contributed by atoms with Crippen molar-refractivity contribution in [1.29, 1.82) is 0 Å². The molecule has 8 aromatic rings. The van der Waals surface area contributed by atoms with E-state index in [9.17, 15) is 0 Å². The molecule has 0 fully saturated rings. The summed E-state index contributed by atoms with van der Waals surface area (Å²) >= 11 is 0. The van der Waals surface area contributed by atoms with E-state index in [4.69, 9.17) is 9.40 Å². The Morgan fingerprint density at radius 1 is 0.706 bits per heavy atom. The smallest absolute Gasteiger partial charge is 0.120 e. The van der Waals surface area contributed by atoms with Gasteiger partial charge in [-0.1, -0.05) is 114 Å². The van der Waals surface area contributed by atoms with E-state index in [0.29, 0.717) is 11.8 Å². The van der Waals surface area contributed by atoms with Crippen LogP contribution in [0.15, 0.2) is 126 Å². The van der Waals surface area contributed by atoms with Gasteiger partial charge < -0.3 is 14.0 Å². The van der Waals surface area contributed by atoms with Gasteiger partial charge in [0.15, 0.2) is 0 Å². The van der Waals surface area contributed by atoms with Crippen molar-refractivity contribution in [2.75, 3.05) is 0 Å². The molecule has 0 aliphatic heterocycles. The molecule has 0 aliphatic rings. The molecule has 0 N–H and O–H groups in total. The van der Waals surface area contributed by atoms with Crippen LogP contribution >= 0.6 is 0 Å². The quantitative estimate of drug-likeness (QED) is 0.162. The minimum Gasteiger partial charge on any atom is -0.501 e. The molecular weight excluding hydrogens is 803 g/mol. The molecule has 259 valence electrons. The zero-order valence-electron chi connectivity index (χ0n) is 30.3. The van der Waals surface area contributed by atoms with Gasteiger partial charge in [-0.05, 0) is 63.9 Å². The number of para-hydroxylation sites is 4. The van der Waals surface area contributed by atoms with Gasteiger partial charge in [-0.2, -0.15) is 0 Å². The monoisotopic (exact) mass is 846 g/mol. The number of imidazole rings is 1. The minimum absolute atomic E-state index is 0. The fourth-order valence-corrected chi connectivity index (χ4v) is 6.65. The predicted molar refractivity (Wildman–Crippen MR) is 208 cm³/mol. The first-order chi connectivity index (χ1) is 24.1. The van der Waals surface area contributed by atoms with Crippen LogP contribution in [0.3, 0.4) is 0 Å². The summed E-state index contributed by atoms with van der Waals surface area (Å²) in [7, 11) is 0. The second kappa shape index (κ2) is 14.8. The first-order valence-electron chi connectivity index (χ1n) is 17.5. The number of rotatable bonds is 5. The summed E-state index contributed by atoms with van der Waals surface area (Å²) in [6.07, 6.45) is 1.87. The molecule has 3 aromatic heterocycles.